The summed E-state index contributed by atoms with van der Waals surface area (Å²) >= 11 is 0. The Bertz CT molecular complexity index is 424. The van der Waals surface area contributed by atoms with Crippen LogP contribution in [-0.4, -0.2) is 73.7 Å². The van der Waals surface area contributed by atoms with Crippen LogP contribution in [0.3, 0.4) is 0 Å². The van der Waals surface area contributed by atoms with Crippen molar-refractivity contribution in [2.75, 3.05) is 45.8 Å². The van der Waals surface area contributed by atoms with E-state index in [1.54, 1.807) is 0 Å². The quantitative estimate of drug-likeness (QED) is 0.351. The smallest absolute Gasteiger partial charge is 0.191 e. The van der Waals surface area contributed by atoms with Crippen LogP contribution in [0.15, 0.2) is 4.99 Å². The van der Waals surface area contributed by atoms with Gasteiger partial charge in [0.25, 0.3) is 0 Å². The molecule has 26 heavy (non-hydrogen) atoms. The SMILES string of the molecule is CCNC(=NCCN1CCCC(C)C1)NC1CCN(C2CCCC2)C1.I. The van der Waals surface area contributed by atoms with E-state index in [4.69, 9.17) is 4.99 Å². The summed E-state index contributed by atoms with van der Waals surface area (Å²) < 4.78 is 0. The van der Waals surface area contributed by atoms with E-state index in [-0.39, 0.29) is 24.0 Å². The fourth-order valence-electron chi connectivity index (χ4n) is 4.81. The minimum atomic E-state index is 0. The zero-order valence-electron chi connectivity index (χ0n) is 16.9. The largest absolute Gasteiger partial charge is 0.357 e. The predicted molar refractivity (Wildman–Crippen MR) is 122 cm³/mol. The van der Waals surface area contributed by atoms with Crippen LogP contribution >= 0.6 is 24.0 Å². The standard InChI is InChI=1S/C20H39N5.HI/c1-3-21-20(22-11-14-24-12-6-7-17(2)15-24)23-18-10-13-25(16-18)19-8-4-5-9-19;/h17-19H,3-16H2,1-2H3,(H2,21,22,23);1H. The average molecular weight is 477 g/mol. The third-order valence-corrected chi connectivity index (χ3v) is 6.17. The van der Waals surface area contributed by atoms with Gasteiger partial charge in [-0.3, -0.25) is 9.89 Å². The number of hydrogen-bond acceptors (Lipinski definition) is 3. The predicted octanol–water partition coefficient (Wildman–Crippen LogP) is 2.91. The lowest BCUT2D eigenvalue weighted by Gasteiger charge is -2.30. The molecule has 0 aromatic heterocycles. The first-order valence-electron chi connectivity index (χ1n) is 10.8. The molecule has 2 atom stereocenters. The summed E-state index contributed by atoms with van der Waals surface area (Å²) in [7, 11) is 0. The second-order valence-electron chi connectivity index (χ2n) is 8.37. The molecule has 0 radical (unpaired) electrons. The van der Waals surface area contributed by atoms with Crippen molar-refractivity contribution in [3.63, 3.8) is 0 Å². The van der Waals surface area contributed by atoms with Crippen LogP contribution in [0.4, 0.5) is 0 Å². The number of likely N-dealkylation sites (tertiary alicyclic amines) is 2. The summed E-state index contributed by atoms with van der Waals surface area (Å²) in [6.07, 6.45) is 9.68. The van der Waals surface area contributed by atoms with Gasteiger partial charge < -0.3 is 15.5 Å². The molecule has 2 N–H and O–H groups in total. The second kappa shape index (κ2) is 11.7. The summed E-state index contributed by atoms with van der Waals surface area (Å²) in [5, 5.41) is 7.14. The average Bonchev–Trinajstić information content (AvgIpc) is 3.26. The molecule has 0 aromatic rings. The van der Waals surface area contributed by atoms with Gasteiger partial charge in [0.2, 0.25) is 0 Å². The highest BCUT2D eigenvalue weighted by Gasteiger charge is 2.30. The van der Waals surface area contributed by atoms with Crippen molar-refractivity contribution in [1.29, 1.82) is 0 Å². The minimum absolute atomic E-state index is 0. The maximum absolute atomic E-state index is 4.85. The van der Waals surface area contributed by atoms with E-state index in [0.717, 1.165) is 37.6 Å². The number of halogens is 1. The van der Waals surface area contributed by atoms with Gasteiger partial charge in [-0.05, 0) is 51.5 Å². The maximum atomic E-state index is 4.85. The van der Waals surface area contributed by atoms with Crippen molar-refractivity contribution < 1.29 is 0 Å². The first-order chi connectivity index (χ1) is 12.2. The number of nitrogens with zero attached hydrogens (tertiary/aromatic N) is 3. The molecule has 6 heteroatoms. The molecule has 3 fully saturated rings. The Balaban J connectivity index is 0.00000243. The summed E-state index contributed by atoms with van der Waals surface area (Å²) in [6.45, 7) is 12.4. The summed E-state index contributed by atoms with van der Waals surface area (Å²) in [5.74, 6) is 1.87. The molecule has 1 saturated carbocycles. The van der Waals surface area contributed by atoms with Gasteiger partial charge in [-0.2, -0.15) is 0 Å². The monoisotopic (exact) mass is 477 g/mol. The fourth-order valence-corrected chi connectivity index (χ4v) is 4.81. The Hall–Kier alpha value is -0.0800. The highest BCUT2D eigenvalue weighted by molar-refractivity contribution is 14.0. The van der Waals surface area contributed by atoms with E-state index >= 15 is 0 Å². The first-order valence-corrected chi connectivity index (χ1v) is 10.8. The van der Waals surface area contributed by atoms with Gasteiger partial charge in [-0.25, -0.2) is 0 Å². The third kappa shape index (κ3) is 6.82. The van der Waals surface area contributed by atoms with Gasteiger partial charge >= 0.3 is 0 Å². The molecule has 152 valence electrons. The molecule has 0 amide bonds. The molecular weight excluding hydrogens is 437 g/mol. The number of guanidine groups is 1. The summed E-state index contributed by atoms with van der Waals surface area (Å²) in [4.78, 5) is 10.1. The second-order valence-corrected chi connectivity index (χ2v) is 8.37. The molecule has 2 saturated heterocycles. The van der Waals surface area contributed by atoms with Crippen LogP contribution in [0.25, 0.3) is 0 Å². The van der Waals surface area contributed by atoms with Crippen LogP contribution in [0.1, 0.15) is 58.8 Å². The zero-order chi connectivity index (χ0) is 17.5. The van der Waals surface area contributed by atoms with Crippen molar-refractivity contribution in [2.24, 2.45) is 10.9 Å². The van der Waals surface area contributed by atoms with Crippen molar-refractivity contribution in [3.05, 3.63) is 0 Å². The molecule has 0 aromatic carbocycles. The highest BCUT2D eigenvalue weighted by Crippen LogP contribution is 2.26. The van der Waals surface area contributed by atoms with Gasteiger partial charge in [0.05, 0.1) is 6.54 Å². The number of nitrogens with one attached hydrogen (secondary N) is 2. The molecule has 0 spiro atoms. The van der Waals surface area contributed by atoms with Crippen LogP contribution in [0.5, 0.6) is 0 Å². The first kappa shape index (κ1) is 22.2. The van der Waals surface area contributed by atoms with E-state index < -0.39 is 0 Å². The Labute approximate surface area is 177 Å². The molecule has 0 bridgehead atoms. The van der Waals surface area contributed by atoms with Gasteiger partial charge in [0, 0.05) is 44.8 Å². The van der Waals surface area contributed by atoms with Gasteiger partial charge in [-0.1, -0.05) is 19.8 Å². The lowest BCUT2D eigenvalue weighted by atomic mass is 10.0. The summed E-state index contributed by atoms with van der Waals surface area (Å²) in [5.41, 5.74) is 0. The van der Waals surface area contributed by atoms with E-state index in [0.29, 0.717) is 6.04 Å². The molecule has 2 heterocycles. The van der Waals surface area contributed by atoms with Crippen molar-refractivity contribution in [1.82, 2.24) is 20.4 Å². The number of aliphatic imine (C=N–C) groups is 1. The molecule has 1 aliphatic carbocycles. The zero-order valence-corrected chi connectivity index (χ0v) is 19.2. The molecule has 2 unspecified atom stereocenters. The van der Waals surface area contributed by atoms with E-state index in [2.05, 4.69) is 34.3 Å². The minimum Gasteiger partial charge on any atom is -0.357 e. The normalized spacial score (nSPS) is 28.9. The number of rotatable bonds is 6. The van der Waals surface area contributed by atoms with Gasteiger partial charge in [0.1, 0.15) is 0 Å². The van der Waals surface area contributed by atoms with Crippen LogP contribution in [0, 0.1) is 5.92 Å². The van der Waals surface area contributed by atoms with Crippen LogP contribution in [-0.2, 0) is 0 Å². The van der Waals surface area contributed by atoms with E-state index in [1.165, 1.54) is 71.1 Å². The Morgan fingerprint density at radius 1 is 1.04 bits per heavy atom. The van der Waals surface area contributed by atoms with Crippen molar-refractivity contribution in [2.45, 2.75) is 70.9 Å². The molecular formula is C20H40IN5. The molecule has 3 aliphatic rings. The van der Waals surface area contributed by atoms with Crippen molar-refractivity contribution >= 4 is 29.9 Å². The Morgan fingerprint density at radius 2 is 1.85 bits per heavy atom. The molecule has 3 rings (SSSR count). The van der Waals surface area contributed by atoms with Gasteiger partial charge in [0.15, 0.2) is 5.96 Å². The highest BCUT2D eigenvalue weighted by atomic mass is 127. The Kier molecular flexibility index (Phi) is 9.99. The van der Waals surface area contributed by atoms with Crippen molar-refractivity contribution in [3.8, 4) is 0 Å². The number of hydrogen-bond donors (Lipinski definition) is 2. The lowest BCUT2D eigenvalue weighted by molar-refractivity contribution is 0.189. The fraction of sp³-hybridized carbons (Fsp3) is 0.950. The molecule has 5 nitrogen and oxygen atoms in total. The van der Waals surface area contributed by atoms with Crippen LogP contribution in [0.2, 0.25) is 0 Å². The van der Waals surface area contributed by atoms with Crippen LogP contribution < -0.4 is 10.6 Å². The third-order valence-electron chi connectivity index (χ3n) is 6.17. The topological polar surface area (TPSA) is 42.9 Å². The Morgan fingerprint density at radius 3 is 2.58 bits per heavy atom. The number of piperidine rings is 1. The van der Waals surface area contributed by atoms with E-state index in [9.17, 15) is 0 Å². The van der Waals surface area contributed by atoms with E-state index in [1.807, 2.05) is 0 Å². The lowest BCUT2D eigenvalue weighted by Crippen LogP contribution is -2.45. The van der Waals surface area contributed by atoms with Gasteiger partial charge in [-0.15, -0.1) is 24.0 Å². The summed E-state index contributed by atoms with van der Waals surface area (Å²) in [6, 6.07) is 1.42. The maximum Gasteiger partial charge on any atom is 0.191 e. The molecule has 2 aliphatic heterocycles.